The maximum Gasteiger partial charge on any atom is 0.337 e. The van der Waals surface area contributed by atoms with Crippen molar-refractivity contribution in [1.82, 2.24) is 4.72 Å². The molecule has 2 N–H and O–H groups in total. The molecular weight excluding hydrogens is 434 g/mol. The molecule has 31 heavy (non-hydrogen) atoms. The number of carbonyl (C=O) groups excluding carboxylic acids is 1. The van der Waals surface area contributed by atoms with Gasteiger partial charge < -0.3 is 9.84 Å². The van der Waals surface area contributed by atoms with E-state index < -0.39 is 5.97 Å². The van der Waals surface area contributed by atoms with Crippen LogP contribution in [-0.2, 0) is 6.61 Å². The summed E-state index contributed by atoms with van der Waals surface area (Å²) in [5, 5.41) is 9.51. The summed E-state index contributed by atoms with van der Waals surface area (Å²) in [6.07, 6.45) is 3.18. The molecule has 1 aliphatic carbocycles. The van der Waals surface area contributed by atoms with Gasteiger partial charge >= 0.3 is 5.97 Å². The Bertz CT molecular complexity index is 1130. The van der Waals surface area contributed by atoms with E-state index in [9.17, 15) is 14.7 Å². The van der Waals surface area contributed by atoms with Crippen LogP contribution in [0.15, 0.2) is 65.6 Å². The predicted molar refractivity (Wildman–Crippen MR) is 122 cm³/mol. The van der Waals surface area contributed by atoms with Crippen LogP contribution in [0.25, 0.3) is 11.1 Å². The third-order valence-corrected chi connectivity index (χ3v) is 6.24. The maximum atomic E-state index is 11.4. The Hall–Kier alpha value is -2.80. The first-order chi connectivity index (χ1) is 15.0. The third kappa shape index (κ3) is 5.47. The number of ether oxygens (including phenoxy) is 1. The lowest BCUT2D eigenvalue weighted by molar-refractivity contribution is 0.0697. The molecule has 158 valence electrons. The van der Waals surface area contributed by atoms with Crippen molar-refractivity contribution in [2.75, 3.05) is 0 Å². The number of carboxylic acid groups (broad SMARTS) is 1. The fraction of sp³-hybridized carbons (Fsp3) is 0.167. The van der Waals surface area contributed by atoms with Gasteiger partial charge in [0.1, 0.15) is 12.4 Å². The summed E-state index contributed by atoms with van der Waals surface area (Å²) in [5.41, 5.74) is 3.28. The maximum absolute atomic E-state index is 11.4. The number of rotatable bonds is 9. The Morgan fingerprint density at radius 1 is 1.13 bits per heavy atom. The van der Waals surface area contributed by atoms with E-state index in [2.05, 4.69) is 4.72 Å². The Morgan fingerprint density at radius 3 is 2.68 bits per heavy atom. The van der Waals surface area contributed by atoms with E-state index in [0.29, 0.717) is 24.0 Å². The summed E-state index contributed by atoms with van der Waals surface area (Å²) < 4.78 is 9.30. The van der Waals surface area contributed by atoms with E-state index in [1.165, 1.54) is 11.9 Å². The second-order valence-corrected chi connectivity index (χ2v) is 8.59. The minimum Gasteiger partial charge on any atom is -0.489 e. The highest BCUT2D eigenvalue weighted by atomic mass is 35.5. The lowest BCUT2D eigenvalue weighted by Crippen LogP contribution is -2.06. The molecule has 0 atom stereocenters. The number of carboxylic acids is 1. The van der Waals surface area contributed by atoms with Gasteiger partial charge in [0, 0.05) is 16.5 Å². The quantitative estimate of drug-likeness (QED) is 0.312. The highest BCUT2D eigenvalue weighted by Crippen LogP contribution is 2.30. The van der Waals surface area contributed by atoms with Crippen molar-refractivity contribution in [3.63, 3.8) is 0 Å². The topological polar surface area (TPSA) is 75.6 Å². The van der Waals surface area contributed by atoms with Gasteiger partial charge in [0.25, 0.3) is 0 Å². The summed E-state index contributed by atoms with van der Waals surface area (Å²) in [7, 11) is 0. The van der Waals surface area contributed by atoms with Gasteiger partial charge in [-0.2, -0.15) is 0 Å². The van der Waals surface area contributed by atoms with Crippen LogP contribution in [-0.4, -0.2) is 23.4 Å². The molecule has 4 rings (SSSR count). The molecule has 0 unspecified atom stereocenters. The van der Waals surface area contributed by atoms with E-state index in [-0.39, 0.29) is 10.6 Å². The standard InChI is InChI=1S/C24H20ClNO4S/c25-22-9-5-17(11-21(22)24(28)29)16-3-1-2-15(10-16)14-30-20-8-4-18(13-27)23(12-20)31-26-19-6-7-19/h1-5,8-13,19,26H,6-7,14H2,(H,28,29). The summed E-state index contributed by atoms with van der Waals surface area (Å²) in [6, 6.07) is 18.6. The fourth-order valence-corrected chi connectivity index (χ4v) is 4.15. The molecule has 0 heterocycles. The number of hydrogen-bond acceptors (Lipinski definition) is 5. The molecule has 0 aromatic heterocycles. The van der Waals surface area contributed by atoms with Gasteiger partial charge in [0.15, 0.2) is 6.29 Å². The van der Waals surface area contributed by atoms with Crippen LogP contribution in [0.5, 0.6) is 5.75 Å². The molecule has 1 saturated carbocycles. The Balaban J connectivity index is 1.48. The summed E-state index contributed by atoms with van der Waals surface area (Å²) in [4.78, 5) is 23.5. The molecule has 0 spiro atoms. The highest BCUT2D eigenvalue weighted by Gasteiger charge is 2.21. The summed E-state index contributed by atoms with van der Waals surface area (Å²) >= 11 is 7.44. The Labute approximate surface area is 189 Å². The SMILES string of the molecule is O=Cc1ccc(OCc2cccc(-c3ccc(Cl)c(C(=O)O)c3)c2)cc1SNC1CC1. The van der Waals surface area contributed by atoms with Crippen LogP contribution in [0.2, 0.25) is 5.02 Å². The van der Waals surface area contributed by atoms with Crippen LogP contribution in [0.4, 0.5) is 0 Å². The van der Waals surface area contributed by atoms with Crippen LogP contribution >= 0.6 is 23.5 Å². The van der Waals surface area contributed by atoms with Crippen molar-refractivity contribution >= 4 is 35.8 Å². The van der Waals surface area contributed by atoms with Crippen molar-refractivity contribution in [2.24, 2.45) is 0 Å². The monoisotopic (exact) mass is 453 g/mol. The van der Waals surface area contributed by atoms with Crippen LogP contribution < -0.4 is 9.46 Å². The lowest BCUT2D eigenvalue weighted by atomic mass is 10.0. The summed E-state index contributed by atoms with van der Waals surface area (Å²) in [5.74, 6) is -0.384. The van der Waals surface area contributed by atoms with Crippen molar-refractivity contribution in [2.45, 2.75) is 30.4 Å². The molecule has 0 bridgehead atoms. The Morgan fingerprint density at radius 2 is 1.94 bits per heavy atom. The number of benzene rings is 3. The van der Waals surface area contributed by atoms with E-state index in [4.69, 9.17) is 16.3 Å². The molecule has 3 aromatic carbocycles. The molecule has 1 aliphatic rings. The van der Waals surface area contributed by atoms with Crippen LogP contribution in [0, 0.1) is 0 Å². The van der Waals surface area contributed by atoms with Crippen molar-refractivity contribution in [3.05, 3.63) is 82.4 Å². The number of carbonyl (C=O) groups is 2. The van der Waals surface area contributed by atoms with Gasteiger partial charge in [0.05, 0.1) is 10.6 Å². The van der Waals surface area contributed by atoms with Gasteiger partial charge in [0.2, 0.25) is 0 Å². The van der Waals surface area contributed by atoms with Crippen molar-refractivity contribution in [3.8, 4) is 16.9 Å². The highest BCUT2D eigenvalue weighted by molar-refractivity contribution is 7.97. The van der Waals surface area contributed by atoms with E-state index in [0.717, 1.165) is 40.7 Å². The number of aldehydes is 1. The fourth-order valence-electron chi connectivity index (χ4n) is 3.01. The number of nitrogens with one attached hydrogen (secondary N) is 1. The lowest BCUT2D eigenvalue weighted by Gasteiger charge is -2.11. The zero-order valence-electron chi connectivity index (χ0n) is 16.5. The molecule has 1 fully saturated rings. The number of aromatic carboxylic acids is 1. The van der Waals surface area contributed by atoms with Crippen LogP contribution in [0.3, 0.4) is 0 Å². The second kappa shape index (κ2) is 9.56. The normalized spacial score (nSPS) is 13.1. The van der Waals surface area contributed by atoms with E-state index in [1.54, 1.807) is 30.3 Å². The summed E-state index contributed by atoms with van der Waals surface area (Å²) in [6.45, 7) is 0.341. The average molecular weight is 454 g/mol. The minimum atomic E-state index is -1.06. The van der Waals surface area contributed by atoms with Gasteiger partial charge in [-0.25, -0.2) is 4.79 Å². The number of halogens is 1. The largest absolute Gasteiger partial charge is 0.489 e. The number of hydrogen-bond donors (Lipinski definition) is 2. The molecule has 7 heteroatoms. The molecule has 0 amide bonds. The van der Waals surface area contributed by atoms with E-state index in [1.807, 2.05) is 30.3 Å². The molecule has 5 nitrogen and oxygen atoms in total. The van der Waals surface area contributed by atoms with Gasteiger partial charge in [-0.3, -0.25) is 9.52 Å². The van der Waals surface area contributed by atoms with Gasteiger partial charge in [-0.1, -0.05) is 35.9 Å². The molecular formula is C24H20ClNO4S. The average Bonchev–Trinajstić information content (AvgIpc) is 3.61. The minimum absolute atomic E-state index is 0.0703. The van der Waals surface area contributed by atoms with Crippen LogP contribution in [0.1, 0.15) is 39.1 Å². The van der Waals surface area contributed by atoms with Crippen molar-refractivity contribution < 1.29 is 19.4 Å². The third-order valence-electron chi connectivity index (χ3n) is 4.89. The predicted octanol–water partition coefficient (Wildman–Crippen LogP) is 5.86. The first-order valence-corrected chi connectivity index (χ1v) is 11.0. The molecule has 0 saturated heterocycles. The van der Waals surface area contributed by atoms with Crippen molar-refractivity contribution in [1.29, 1.82) is 0 Å². The molecule has 0 radical (unpaired) electrons. The first-order valence-electron chi connectivity index (χ1n) is 9.80. The Kier molecular flexibility index (Phi) is 6.61. The first kappa shape index (κ1) is 21.4. The van der Waals surface area contributed by atoms with E-state index >= 15 is 0 Å². The zero-order chi connectivity index (χ0) is 21.8. The molecule has 3 aromatic rings. The van der Waals surface area contributed by atoms with Gasteiger partial charge in [-0.05, 0) is 77.9 Å². The second-order valence-electron chi connectivity index (χ2n) is 7.30. The molecule has 0 aliphatic heterocycles. The van der Waals surface area contributed by atoms with Gasteiger partial charge in [-0.15, -0.1) is 0 Å². The smallest absolute Gasteiger partial charge is 0.337 e. The zero-order valence-corrected chi connectivity index (χ0v) is 18.1.